The average molecular weight is 416 g/mol. The number of para-hydroxylation sites is 1. The number of nitrogens with zero attached hydrogens (tertiary/aromatic N) is 4. The maximum Gasteiger partial charge on any atom is 0.264 e. The van der Waals surface area contributed by atoms with Crippen LogP contribution < -0.4 is 10.5 Å². The molecule has 0 aliphatic carbocycles. The number of rotatable bonds is 2. The van der Waals surface area contributed by atoms with Crippen LogP contribution in [0.1, 0.15) is 23.6 Å². The number of hydrogen-bond acceptors (Lipinski definition) is 5. The number of aryl methyl sites for hydroxylation is 2. The van der Waals surface area contributed by atoms with Crippen molar-refractivity contribution in [3.8, 4) is 5.69 Å². The van der Waals surface area contributed by atoms with Gasteiger partial charge < -0.3 is 4.90 Å². The number of benzene rings is 2. The van der Waals surface area contributed by atoms with E-state index in [1.165, 1.54) is 11.1 Å². The molecule has 1 N–H and O–H groups in total. The van der Waals surface area contributed by atoms with E-state index in [0.717, 1.165) is 23.4 Å². The third-order valence-corrected chi connectivity index (χ3v) is 6.06. The Morgan fingerprint density at radius 3 is 2.73 bits per heavy atom. The Bertz CT molecular complexity index is 1420. The van der Waals surface area contributed by atoms with Crippen LogP contribution in [-0.2, 0) is 6.42 Å². The molecule has 150 valence electrons. The molecule has 0 radical (unpaired) electrons. The lowest BCUT2D eigenvalue weighted by molar-refractivity contribution is 0.739. The average Bonchev–Trinajstić information content (AvgIpc) is 3.04. The second kappa shape index (κ2) is 6.88. The van der Waals surface area contributed by atoms with E-state index in [-0.39, 0.29) is 11.6 Å². The van der Waals surface area contributed by atoms with E-state index in [4.69, 9.17) is 12.2 Å². The molecule has 1 unspecified atom stereocenters. The van der Waals surface area contributed by atoms with Crippen molar-refractivity contribution in [3.05, 3.63) is 80.5 Å². The second-order valence-corrected chi connectivity index (χ2v) is 8.24. The summed E-state index contributed by atoms with van der Waals surface area (Å²) in [5.74, 6) is 0.496. The highest BCUT2D eigenvalue weighted by molar-refractivity contribution is 7.71. The summed E-state index contributed by atoms with van der Waals surface area (Å²) in [4.78, 5) is 27.3. The van der Waals surface area contributed by atoms with Gasteiger partial charge in [-0.25, -0.2) is 4.98 Å². The van der Waals surface area contributed by atoms with Crippen molar-refractivity contribution in [3.63, 3.8) is 0 Å². The van der Waals surface area contributed by atoms with Crippen LogP contribution in [0.5, 0.6) is 0 Å². The molecule has 0 spiro atoms. The van der Waals surface area contributed by atoms with Gasteiger partial charge in [-0.3, -0.25) is 14.3 Å². The van der Waals surface area contributed by atoms with Crippen LogP contribution in [0.3, 0.4) is 0 Å². The minimum atomic E-state index is -0.275. The van der Waals surface area contributed by atoms with Gasteiger partial charge in [0.2, 0.25) is 5.95 Å². The Morgan fingerprint density at radius 1 is 1.13 bits per heavy atom. The van der Waals surface area contributed by atoms with Crippen molar-refractivity contribution in [2.75, 3.05) is 4.90 Å². The molecule has 0 bridgehead atoms. The Kier molecular flexibility index (Phi) is 4.29. The Hall–Kier alpha value is -3.32. The topological polar surface area (TPSA) is 66.8 Å². The third-order valence-electron chi connectivity index (χ3n) is 5.66. The number of fused-ring (bicyclic) bond motifs is 2. The molecule has 1 aliphatic rings. The highest BCUT2D eigenvalue weighted by atomic mass is 32.1. The summed E-state index contributed by atoms with van der Waals surface area (Å²) in [5, 5.41) is 0.330. The summed E-state index contributed by atoms with van der Waals surface area (Å²) in [6.45, 7) is 6.18. The van der Waals surface area contributed by atoms with E-state index in [1.54, 1.807) is 10.9 Å². The highest BCUT2D eigenvalue weighted by Gasteiger charge is 2.29. The summed E-state index contributed by atoms with van der Waals surface area (Å²) in [6, 6.07) is 14.5. The zero-order valence-corrected chi connectivity index (χ0v) is 17.8. The van der Waals surface area contributed by atoms with Crippen molar-refractivity contribution in [1.82, 2.24) is 19.5 Å². The fourth-order valence-corrected chi connectivity index (χ4v) is 4.60. The van der Waals surface area contributed by atoms with Gasteiger partial charge in [-0.15, -0.1) is 0 Å². The number of aromatic amines is 1. The van der Waals surface area contributed by atoms with Crippen LogP contribution in [0.25, 0.3) is 16.7 Å². The van der Waals surface area contributed by atoms with E-state index in [0.29, 0.717) is 21.6 Å². The monoisotopic (exact) mass is 415 g/mol. The largest absolute Gasteiger partial charge is 0.309 e. The first-order chi connectivity index (χ1) is 14.4. The maximum atomic E-state index is 13.1. The summed E-state index contributed by atoms with van der Waals surface area (Å²) in [5.41, 5.74) is 5.53. The SMILES string of the molecule is Cc1ccc(-n2cnc3nc(N4c5ccccc5CC4C)[nH]c(=O)c3c2=S)c(C)c1. The van der Waals surface area contributed by atoms with Gasteiger partial charge in [-0.2, -0.15) is 4.98 Å². The van der Waals surface area contributed by atoms with Crippen LogP contribution in [-0.4, -0.2) is 25.6 Å². The molecule has 0 saturated carbocycles. The van der Waals surface area contributed by atoms with Gasteiger partial charge in [0.1, 0.15) is 16.4 Å². The predicted octanol–water partition coefficient (Wildman–Crippen LogP) is 4.54. The first kappa shape index (κ1) is 18.7. The van der Waals surface area contributed by atoms with Crippen LogP contribution in [0.2, 0.25) is 0 Å². The number of H-pyrrole nitrogens is 1. The molecular formula is C23H21N5OS. The molecule has 2 aromatic carbocycles. The number of aromatic nitrogens is 4. The summed E-state index contributed by atoms with van der Waals surface area (Å²) in [7, 11) is 0. The number of hydrogen-bond donors (Lipinski definition) is 1. The van der Waals surface area contributed by atoms with Gasteiger partial charge >= 0.3 is 0 Å². The standard InChI is InChI=1S/C23H21N5OS/c1-13-8-9-17(14(2)10-13)27-12-24-20-19(22(27)30)21(29)26-23(25-20)28-15(3)11-16-6-4-5-7-18(16)28/h4-10,12,15H,11H2,1-3H3,(H,25,26,29). The maximum absolute atomic E-state index is 13.1. The molecule has 2 aromatic heterocycles. The van der Waals surface area contributed by atoms with Gasteiger partial charge in [0, 0.05) is 11.7 Å². The lowest BCUT2D eigenvalue weighted by Crippen LogP contribution is -2.28. The molecule has 0 amide bonds. The molecule has 6 nitrogen and oxygen atoms in total. The van der Waals surface area contributed by atoms with Gasteiger partial charge in [0.05, 0.1) is 5.69 Å². The summed E-state index contributed by atoms with van der Waals surface area (Å²) >= 11 is 5.67. The van der Waals surface area contributed by atoms with E-state index in [1.807, 2.05) is 44.2 Å². The first-order valence-corrected chi connectivity index (χ1v) is 10.3. The molecule has 0 saturated heterocycles. The van der Waals surface area contributed by atoms with Crippen molar-refractivity contribution in [1.29, 1.82) is 0 Å². The van der Waals surface area contributed by atoms with Gasteiger partial charge in [0.25, 0.3) is 5.56 Å². The van der Waals surface area contributed by atoms with Crippen molar-refractivity contribution in [2.24, 2.45) is 0 Å². The van der Waals surface area contributed by atoms with Crippen molar-refractivity contribution in [2.45, 2.75) is 33.2 Å². The zero-order chi connectivity index (χ0) is 21.0. The Morgan fingerprint density at radius 2 is 1.93 bits per heavy atom. The first-order valence-electron chi connectivity index (χ1n) is 9.90. The van der Waals surface area contributed by atoms with E-state index in [9.17, 15) is 4.79 Å². The fourth-order valence-electron chi connectivity index (χ4n) is 4.27. The second-order valence-electron chi connectivity index (χ2n) is 7.85. The Balaban J connectivity index is 1.68. The molecule has 1 atom stereocenters. The van der Waals surface area contributed by atoms with Gasteiger partial charge in [-0.1, -0.05) is 48.1 Å². The number of nitrogens with one attached hydrogen (secondary N) is 1. The quantitative estimate of drug-likeness (QED) is 0.487. The lowest BCUT2D eigenvalue weighted by atomic mass is 10.1. The van der Waals surface area contributed by atoms with E-state index < -0.39 is 0 Å². The molecular weight excluding hydrogens is 394 g/mol. The molecule has 1 aliphatic heterocycles. The minimum Gasteiger partial charge on any atom is -0.309 e. The zero-order valence-electron chi connectivity index (χ0n) is 17.0. The summed E-state index contributed by atoms with van der Waals surface area (Å²) in [6.07, 6.45) is 2.55. The molecule has 3 heterocycles. The molecule has 5 rings (SSSR count). The van der Waals surface area contributed by atoms with Crippen LogP contribution >= 0.6 is 12.2 Å². The van der Waals surface area contributed by atoms with Crippen LogP contribution in [0.4, 0.5) is 11.6 Å². The predicted molar refractivity (Wildman–Crippen MR) is 122 cm³/mol. The van der Waals surface area contributed by atoms with Crippen molar-refractivity contribution < 1.29 is 0 Å². The summed E-state index contributed by atoms with van der Waals surface area (Å²) < 4.78 is 2.18. The van der Waals surface area contributed by atoms with E-state index >= 15 is 0 Å². The molecule has 7 heteroatoms. The number of anilines is 2. The molecule has 0 fully saturated rings. The smallest absolute Gasteiger partial charge is 0.264 e. The van der Waals surface area contributed by atoms with Crippen LogP contribution in [0.15, 0.2) is 53.6 Å². The molecule has 4 aromatic rings. The third kappa shape index (κ3) is 2.85. The lowest BCUT2D eigenvalue weighted by Gasteiger charge is -2.23. The normalized spacial score (nSPS) is 15.6. The van der Waals surface area contributed by atoms with Crippen molar-refractivity contribution >= 4 is 34.9 Å². The highest BCUT2D eigenvalue weighted by Crippen LogP contribution is 2.36. The Labute approximate surface area is 178 Å². The minimum absolute atomic E-state index is 0.190. The van der Waals surface area contributed by atoms with Gasteiger partial charge in [-0.05, 0) is 50.5 Å². The molecule has 30 heavy (non-hydrogen) atoms. The fraction of sp³-hybridized carbons (Fsp3) is 0.217. The van der Waals surface area contributed by atoms with E-state index in [2.05, 4.69) is 38.9 Å². The van der Waals surface area contributed by atoms with Gasteiger partial charge in [0.15, 0.2) is 5.65 Å². The van der Waals surface area contributed by atoms with Crippen LogP contribution in [0, 0.1) is 18.5 Å².